The first-order chi connectivity index (χ1) is 19.6. The number of ether oxygens (including phenoxy) is 1. The Labute approximate surface area is 240 Å². The summed E-state index contributed by atoms with van der Waals surface area (Å²) in [6.07, 6.45) is -0.820. The van der Waals surface area contributed by atoms with Crippen LogP contribution in [-0.2, 0) is 12.8 Å². The summed E-state index contributed by atoms with van der Waals surface area (Å²) in [4.78, 5) is 16.7. The molecule has 3 aromatic carbocycles. The fraction of sp³-hybridized carbons (Fsp3) is 0.241. The topological polar surface area (TPSA) is 93.1 Å². The minimum Gasteiger partial charge on any atom is -0.406 e. The van der Waals surface area contributed by atoms with Crippen molar-refractivity contribution in [2.75, 3.05) is 11.9 Å². The number of alkyl halides is 3. The van der Waals surface area contributed by atoms with E-state index < -0.39 is 12.4 Å². The van der Waals surface area contributed by atoms with Crippen LogP contribution in [-0.4, -0.2) is 38.8 Å². The fourth-order valence-corrected chi connectivity index (χ4v) is 4.30. The molecule has 12 heteroatoms. The van der Waals surface area contributed by atoms with Gasteiger partial charge in [-0.3, -0.25) is 5.32 Å². The van der Waals surface area contributed by atoms with Gasteiger partial charge in [0, 0.05) is 17.8 Å². The van der Waals surface area contributed by atoms with Crippen molar-refractivity contribution >= 4 is 29.0 Å². The monoisotopic (exact) mass is 582 g/mol. The van der Waals surface area contributed by atoms with Crippen LogP contribution in [0.4, 0.5) is 23.7 Å². The Morgan fingerprint density at radius 1 is 1.05 bits per heavy atom. The smallest absolute Gasteiger partial charge is 0.406 e. The highest BCUT2D eigenvalue weighted by Crippen LogP contribution is 2.24. The number of anilines is 1. The van der Waals surface area contributed by atoms with Crippen LogP contribution in [0.1, 0.15) is 30.0 Å². The second-order valence-electron chi connectivity index (χ2n) is 9.25. The molecule has 2 amide bonds. The standard InChI is InChI=1S/C29H29F3N6O2S/c1-3-5-21-9-8-19(2)16-25(21)35-28(41)36-27(39)33-15-14-20-6-4-7-22(17-20)26-34-18-38(37-26)23-10-12-24(13-11-23)40-29(30,31)32/h4,6-13,16-18H,3,5,14-15H2,1-2H3,(H3,33,35,36,39,41). The van der Waals surface area contributed by atoms with E-state index in [1.165, 1.54) is 35.3 Å². The molecule has 0 aliphatic heterocycles. The van der Waals surface area contributed by atoms with Crippen LogP contribution in [0.2, 0.25) is 0 Å². The summed E-state index contributed by atoms with van der Waals surface area (Å²) in [5.41, 5.74) is 5.36. The van der Waals surface area contributed by atoms with E-state index in [2.05, 4.69) is 49.8 Å². The summed E-state index contributed by atoms with van der Waals surface area (Å²) in [7, 11) is 0. The van der Waals surface area contributed by atoms with Gasteiger partial charge in [-0.05, 0) is 85.1 Å². The minimum atomic E-state index is -4.75. The highest BCUT2D eigenvalue weighted by Gasteiger charge is 2.31. The second kappa shape index (κ2) is 13.3. The first-order valence-electron chi connectivity index (χ1n) is 12.9. The number of nitrogens with one attached hydrogen (secondary N) is 3. The molecule has 41 heavy (non-hydrogen) atoms. The Morgan fingerprint density at radius 2 is 1.83 bits per heavy atom. The van der Waals surface area contributed by atoms with Gasteiger partial charge in [0.1, 0.15) is 12.1 Å². The maximum Gasteiger partial charge on any atom is 0.573 e. The molecule has 8 nitrogen and oxygen atoms in total. The highest BCUT2D eigenvalue weighted by molar-refractivity contribution is 7.80. The molecule has 4 rings (SSSR count). The molecule has 1 aromatic heterocycles. The van der Waals surface area contributed by atoms with Crippen LogP contribution < -0.4 is 20.7 Å². The largest absolute Gasteiger partial charge is 0.573 e. The summed E-state index contributed by atoms with van der Waals surface area (Å²) in [5.74, 6) is 0.130. The molecule has 0 atom stereocenters. The van der Waals surface area contributed by atoms with E-state index in [1.807, 2.05) is 37.3 Å². The number of halogens is 3. The number of thiocarbonyl (C=S) groups is 1. The van der Waals surface area contributed by atoms with Gasteiger partial charge < -0.3 is 15.4 Å². The number of hydrogen-bond donors (Lipinski definition) is 3. The zero-order valence-corrected chi connectivity index (χ0v) is 23.3. The molecular formula is C29H29F3N6O2S. The molecule has 0 saturated heterocycles. The lowest BCUT2D eigenvalue weighted by atomic mass is 10.1. The van der Waals surface area contributed by atoms with Crippen LogP contribution in [0.3, 0.4) is 0 Å². The summed E-state index contributed by atoms with van der Waals surface area (Å²) in [6, 6.07) is 18.6. The Kier molecular flexibility index (Phi) is 9.56. The van der Waals surface area contributed by atoms with Crippen molar-refractivity contribution in [3.63, 3.8) is 0 Å². The number of aromatic nitrogens is 3. The van der Waals surface area contributed by atoms with Crippen LogP contribution in [0, 0.1) is 6.92 Å². The summed E-state index contributed by atoms with van der Waals surface area (Å²) < 4.78 is 42.5. The van der Waals surface area contributed by atoms with Crippen molar-refractivity contribution in [1.29, 1.82) is 0 Å². The predicted octanol–water partition coefficient (Wildman–Crippen LogP) is 6.33. The van der Waals surface area contributed by atoms with E-state index in [9.17, 15) is 18.0 Å². The molecule has 0 spiro atoms. The minimum absolute atomic E-state index is 0.219. The third-order valence-electron chi connectivity index (χ3n) is 5.97. The average molecular weight is 583 g/mol. The number of amides is 2. The van der Waals surface area contributed by atoms with Gasteiger partial charge in [0.2, 0.25) is 0 Å². The zero-order chi connectivity index (χ0) is 29.4. The quantitative estimate of drug-likeness (QED) is 0.200. The molecule has 0 saturated carbocycles. The molecule has 0 aliphatic rings. The number of nitrogens with zero attached hydrogens (tertiary/aromatic N) is 3. The molecule has 0 bridgehead atoms. The summed E-state index contributed by atoms with van der Waals surface area (Å²) in [6.45, 7) is 4.48. The number of urea groups is 1. The third-order valence-corrected chi connectivity index (χ3v) is 6.18. The molecular weight excluding hydrogens is 553 g/mol. The third kappa shape index (κ3) is 8.77. The Balaban J connectivity index is 1.29. The van der Waals surface area contributed by atoms with Gasteiger partial charge in [-0.25, -0.2) is 14.5 Å². The van der Waals surface area contributed by atoms with E-state index in [0.29, 0.717) is 24.5 Å². The Morgan fingerprint density at radius 3 is 2.56 bits per heavy atom. The van der Waals surface area contributed by atoms with Crippen molar-refractivity contribution in [2.24, 2.45) is 0 Å². The maximum atomic E-state index is 12.4. The van der Waals surface area contributed by atoms with Gasteiger partial charge in [-0.2, -0.15) is 0 Å². The number of benzene rings is 3. The van der Waals surface area contributed by atoms with Gasteiger partial charge in [-0.15, -0.1) is 18.3 Å². The highest BCUT2D eigenvalue weighted by atomic mass is 32.1. The Bertz CT molecular complexity index is 1510. The molecule has 3 N–H and O–H groups in total. The normalized spacial score (nSPS) is 11.1. The average Bonchev–Trinajstić information content (AvgIpc) is 3.40. The van der Waals surface area contributed by atoms with Crippen LogP contribution in [0.15, 0.2) is 73.1 Å². The van der Waals surface area contributed by atoms with Gasteiger partial charge in [-0.1, -0.05) is 43.7 Å². The van der Waals surface area contributed by atoms with Crippen molar-refractivity contribution in [3.8, 4) is 22.8 Å². The SMILES string of the molecule is CCCc1ccc(C)cc1NC(=S)NC(=O)NCCc1cccc(-c2ncn(-c3ccc(OC(F)(F)F)cc3)n2)c1. The van der Waals surface area contributed by atoms with Gasteiger partial charge in [0.15, 0.2) is 10.9 Å². The van der Waals surface area contributed by atoms with Crippen molar-refractivity contribution in [3.05, 3.63) is 89.7 Å². The van der Waals surface area contributed by atoms with Crippen molar-refractivity contribution in [2.45, 2.75) is 39.5 Å². The van der Waals surface area contributed by atoms with Crippen molar-refractivity contribution in [1.82, 2.24) is 25.4 Å². The van der Waals surface area contributed by atoms with E-state index in [1.54, 1.807) is 0 Å². The maximum absolute atomic E-state index is 12.4. The molecule has 0 unspecified atom stereocenters. The molecule has 214 valence electrons. The van der Waals surface area contributed by atoms with E-state index >= 15 is 0 Å². The lowest BCUT2D eigenvalue weighted by Crippen LogP contribution is -2.42. The molecule has 4 aromatic rings. The molecule has 0 radical (unpaired) electrons. The lowest BCUT2D eigenvalue weighted by Gasteiger charge is -2.14. The summed E-state index contributed by atoms with van der Waals surface area (Å²) >= 11 is 5.33. The number of hydrogen-bond acceptors (Lipinski definition) is 5. The van der Waals surface area contributed by atoms with Gasteiger partial charge >= 0.3 is 12.4 Å². The number of carbonyl (C=O) groups is 1. The molecule has 1 heterocycles. The molecule has 0 fully saturated rings. The Hall–Kier alpha value is -4.45. The fourth-order valence-electron chi connectivity index (χ4n) is 4.10. The van der Waals surface area contributed by atoms with E-state index in [4.69, 9.17) is 12.2 Å². The van der Waals surface area contributed by atoms with E-state index in [0.717, 1.165) is 40.8 Å². The second-order valence-corrected chi connectivity index (χ2v) is 9.66. The van der Waals surface area contributed by atoms with Gasteiger partial charge in [0.25, 0.3) is 0 Å². The lowest BCUT2D eigenvalue weighted by molar-refractivity contribution is -0.274. The zero-order valence-electron chi connectivity index (χ0n) is 22.5. The predicted molar refractivity (Wildman–Crippen MR) is 155 cm³/mol. The van der Waals surface area contributed by atoms with Crippen molar-refractivity contribution < 1.29 is 22.7 Å². The van der Waals surface area contributed by atoms with Gasteiger partial charge in [0.05, 0.1) is 5.69 Å². The number of aryl methyl sites for hydroxylation is 2. The first-order valence-corrected chi connectivity index (χ1v) is 13.3. The van der Waals surface area contributed by atoms with Crippen LogP contribution >= 0.6 is 12.2 Å². The van der Waals surface area contributed by atoms with Crippen LogP contribution in [0.25, 0.3) is 17.1 Å². The molecule has 0 aliphatic carbocycles. The number of rotatable bonds is 9. The first kappa shape index (κ1) is 29.5. The summed E-state index contributed by atoms with van der Waals surface area (Å²) in [5, 5.41) is 13.2. The van der Waals surface area contributed by atoms with E-state index in [-0.39, 0.29) is 10.9 Å². The van der Waals surface area contributed by atoms with Crippen LogP contribution in [0.5, 0.6) is 5.75 Å². The number of carbonyl (C=O) groups excluding carboxylic acids is 1.